The van der Waals surface area contributed by atoms with E-state index in [4.69, 9.17) is 0 Å². The van der Waals surface area contributed by atoms with E-state index in [1.54, 1.807) is 6.92 Å². The Kier molecular flexibility index (Phi) is 7.36. The van der Waals surface area contributed by atoms with Gasteiger partial charge in [-0.15, -0.1) is 0 Å². The van der Waals surface area contributed by atoms with Crippen molar-refractivity contribution in [3.8, 4) is 0 Å². The lowest BCUT2D eigenvalue weighted by Gasteiger charge is -1.91. The first-order valence-electron chi connectivity index (χ1n) is 4.73. The number of hydrogen-bond acceptors (Lipinski definition) is 3. The van der Waals surface area contributed by atoms with Gasteiger partial charge in [0.05, 0.1) is 12.1 Å². The minimum Gasteiger partial charge on any atom is -0.468 e. The molecule has 0 radical (unpaired) electrons. The van der Waals surface area contributed by atoms with Gasteiger partial charge in [0.2, 0.25) is 0 Å². The number of ether oxygens (including phenoxy) is 1. The Morgan fingerprint density at radius 2 is 1.94 bits per heavy atom. The smallest absolute Gasteiger partial charge is 0.293 e. The third-order valence-electron chi connectivity index (χ3n) is 1.75. The number of para-hydroxylation sites is 1. The highest BCUT2D eigenvalue weighted by molar-refractivity contribution is 5.77. The van der Waals surface area contributed by atoms with Gasteiger partial charge in [-0.2, -0.15) is 0 Å². The van der Waals surface area contributed by atoms with Gasteiger partial charge >= 0.3 is 0 Å². The summed E-state index contributed by atoms with van der Waals surface area (Å²) in [5.41, 5.74) is 1.06. The van der Waals surface area contributed by atoms with Gasteiger partial charge in [-0.05, 0) is 19.1 Å². The number of carbonyl (C=O) groups is 1. The van der Waals surface area contributed by atoms with Crippen LogP contribution in [-0.2, 0) is 9.53 Å². The summed E-state index contributed by atoms with van der Waals surface area (Å²) >= 11 is 0. The van der Waals surface area contributed by atoms with E-state index in [-0.39, 0.29) is 5.48 Å². The van der Waals surface area contributed by atoms with Gasteiger partial charge in [-0.25, -0.2) is 0 Å². The van der Waals surface area contributed by atoms with Gasteiger partial charge in [-0.3, -0.25) is 9.78 Å². The van der Waals surface area contributed by atoms with Crippen LogP contribution in [0.15, 0.2) is 42.6 Å². The fourth-order valence-electron chi connectivity index (χ4n) is 1.08. The predicted octanol–water partition coefficient (Wildman–Crippen LogP) is 1.59. The van der Waals surface area contributed by atoms with Gasteiger partial charge in [0.25, 0.3) is 6.47 Å². The van der Waals surface area contributed by atoms with E-state index in [1.165, 1.54) is 5.39 Å². The van der Waals surface area contributed by atoms with E-state index in [1.807, 2.05) is 30.5 Å². The zero-order valence-corrected chi connectivity index (χ0v) is 9.09. The van der Waals surface area contributed by atoms with E-state index in [0.29, 0.717) is 13.1 Å². The average molecular weight is 221 g/mol. The van der Waals surface area contributed by atoms with E-state index in [2.05, 4.69) is 21.9 Å². The maximum Gasteiger partial charge on any atom is 0.293 e. The summed E-state index contributed by atoms with van der Waals surface area (Å²) in [7, 11) is 0. The topological polar surface area (TPSA) is 70.7 Å². The molecule has 2 N–H and O–H groups in total. The number of fused-ring (bicyclic) bond motifs is 1. The minimum absolute atomic E-state index is 0. The lowest BCUT2D eigenvalue weighted by atomic mass is 10.2. The molecule has 1 aromatic carbocycles. The maximum atomic E-state index is 9.18. The zero-order valence-electron chi connectivity index (χ0n) is 9.09. The van der Waals surface area contributed by atoms with Crippen LogP contribution in [0.1, 0.15) is 6.92 Å². The van der Waals surface area contributed by atoms with Crippen LogP contribution in [0.4, 0.5) is 0 Å². The first kappa shape index (κ1) is 14.1. The largest absolute Gasteiger partial charge is 0.468 e. The van der Waals surface area contributed by atoms with Crippen molar-refractivity contribution in [3.05, 3.63) is 42.6 Å². The van der Waals surface area contributed by atoms with Crippen LogP contribution in [0.25, 0.3) is 10.9 Å². The molecule has 0 unspecified atom stereocenters. The van der Waals surface area contributed by atoms with E-state index >= 15 is 0 Å². The van der Waals surface area contributed by atoms with Crippen LogP contribution in [0.2, 0.25) is 0 Å². The molecule has 86 valence electrons. The van der Waals surface area contributed by atoms with Gasteiger partial charge in [0.15, 0.2) is 0 Å². The first-order valence-corrected chi connectivity index (χ1v) is 4.73. The summed E-state index contributed by atoms with van der Waals surface area (Å²) in [5, 5.41) is 1.20. The van der Waals surface area contributed by atoms with Gasteiger partial charge < -0.3 is 10.2 Å². The van der Waals surface area contributed by atoms with Gasteiger partial charge in [0, 0.05) is 11.6 Å². The van der Waals surface area contributed by atoms with Crippen molar-refractivity contribution in [2.24, 2.45) is 0 Å². The van der Waals surface area contributed by atoms with Crippen molar-refractivity contribution < 1.29 is 15.0 Å². The Bertz CT molecular complexity index is 352. The molecule has 1 heterocycles. The van der Waals surface area contributed by atoms with Crippen molar-refractivity contribution >= 4 is 17.4 Å². The molecule has 0 bridgehead atoms. The van der Waals surface area contributed by atoms with Crippen molar-refractivity contribution in [2.45, 2.75) is 6.92 Å². The Morgan fingerprint density at radius 3 is 2.50 bits per heavy atom. The third-order valence-corrected chi connectivity index (χ3v) is 1.75. The monoisotopic (exact) mass is 221 g/mol. The number of pyridine rings is 1. The molecule has 0 saturated heterocycles. The van der Waals surface area contributed by atoms with Crippen LogP contribution in [0, 0.1) is 0 Å². The molecule has 0 aliphatic carbocycles. The maximum absolute atomic E-state index is 9.18. The first-order chi connectivity index (χ1) is 7.38. The molecule has 0 saturated carbocycles. The molecule has 0 aliphatic rings. The molecular weight excluding hydrogens is 206 g/mol. The summed E-state index contributed by atoms with van der Waals surface area (Å²) in [6.45, 7) is 2.66. The summed E-state index contributed by atoms with van der Waals surface area (Å²) in [4.78, 5) is 13.4. The highest BCUT2D eigenvalue weighted by Gasteiger charge is 1.86. The minimum atomic E-state index is 0. The summed E-state index contributed by atoms with van der Waals surface area (Å²) in [5.74, 6) is 0. The number of nitrogens with zero attached hydrogens (tertiary/aromatic N) is 1. The summed E-state index contributed by atoms with van der Waals surface area (Å²) in [6.07, 6.45) is 1.81. The fourth-order valence-corrected chi connectivity index (χ4v) is 1.08. The van der Waals surface area contributed by atoms with Crippen LogP contribution < -0.4 is 0 Å². The fraction of sp³-hybridized carbons (Fsp3) is 0.167. The van der Waals surface area contributed by atoms with Crippen LogP contribution in [-0.4, -0.2) is 23.5 Å². The Morgan fingerprint density at radius 1 is 1.25 bits per heavy atom. The molecule has 0 atom stereocenters. The molecular formula is C12H15NO3. The highest BCUT2D eigenvalue weighted by Crippen LogP contribution is 2.07. The second-order valence-electron chi connectivity index (χ2n) is 2.75. The number of benzene rings is 1. The number of rotatable bonds is 2. The van der Waals surface area contributed by atoms with Crippen LogP contribution >= 0.6 is 0 Å². The second-order valence-corrected chi connectivity index (χ2v) is 2.75. The van der Waals surface area contributed by atoms with Crippen molar-refractivity contribution in [3.63, 3.8) is 0 Å². The van der Waals surface area contributed by atoms with E-state index in [0.717, 1.165) is 5.52 Å². The van der Waals surface area contributed by atoms with Crippen molar-refractivity contribution in [2.75, 3.05) is 6.61 Å². The van der Waals surface area contributed by atoms with Crippen molar-refractivity contribution in [1.82, 2.24) is 4.98 Å². The van der Waals surface area contributed by atoms with Gasteiger partial charge in [-0.1, -0.05) is 24.3 Å². The quantitative estimate of drug-likeness (QED) is 0.723. The second kappa shape index (κ2) is 8.38. The zero-order chi connectivity index (χ0) is 10.9. The Hall–Kier alpha value is -1.94. The number of hydrogen-bond donors (Lipinski definition) is 0. The summed E-state index contributed by atoms with van der Waals surface area (Å²) < 4.78 is 4.15. The lowest BCUT2D eigenvalue weighted by molar-refractivity contribution is -0.128. The third kappa shape index (κ3) is 4.52. The molecule has 16 heavy (non-hydrogen) atoms. The molecule has 2 aromatic rings. The molecule has 4 nitrogen and oxygen atoms in total. The molecule has 2 rings (SSSR count). The molecule has 0 amide bonds. The molecule has 1 aromatic heterocycles. The Labute approximate surface area is 94.2 Å². The molecule has 0 aliphatic heterocycles. The average Bonchev–Trinajstić information content (AvgIpc) is 2.31. The van der Waals surface area contributed by atoms with Gasteiger partial charge in [0.1, 0.15) is 0 Å². The predicted molar refractivity (Wildman–Crippen MR) is 63.0 cm³/mol. The number of aromatic nitrogens is 1. The highest BCUT2D eigenvalue weighted by atomic mass is 16.5. The molecule has 0 spiro atoms. The standard InChI is InChI=1S/C9H7N.C3H6O2.H2O/c1-2-6-9-8(4-1)5-3-7-10-9;1-2-5-3-4;/h1-7H;3H,2H2,1H3;1H2. The molecule has 0 fully saturated rings. The van der Waals surface area contributed by atoms with E-state index in [9.17, 15) is 4.79 Å². The van der Waals surface area contributed by atoms with E-state index < -0.39 is 0 Å². The SMILES string of the molecule is CCOC=O.O.c1ccc2ncccc2c1. The normalized spacial score (nSPS) is 8.31. The number of carbonyl (C=O) groups excluding carboxylic acids is 1. The Balaban J connectivity index is 0.000000330. The lowest BCUT2D eigenvalue weighted by Crippen LogP contribution is -1.80. The van der Waals surface area contributed by atoms with Crippen LogP contribution in [0.3, 0.4) is 0 Å². The summed E-state index contributed by atoms with van der Waals surface area (Å²) in [6, 6.07) is 12.1. The molecule has 4 heteroatoms. The van der Waals surface area contributed by atoms with Crippen molar-refractivity contribution in [1.29, 1.82) is 0 Å². The van der Waals surface area contributed by atoms with Crippen LogP contribution in [0.5, 0.6) is 0 Å².